The first kappa shape index (κ1) is 15.0. The van der Waals surface area contributed by atoms with Crippen LogP contribution in [0.15, 0.2) is 84.9 Å². The van der Waals surface area contributed by atoms with E-state index < -0.39 is 0 Å². The molecule has 0 N–H and O–H groups in total. The minimum atomic E-state index is 0.851. The number of anilines is 1. The maximum atomic E-state index is 5.06. The van der Waals surface area contributed by atoms with Gasteiger partial charge in [0.1, 0.15) is 0 Å². The molecule has 0 aliphatic carbocycles. The lowest BCUT2D eigenvalue weighted by molar-refractivity contribution is 0.875. The third-order valence-corrected chi connectivity index (χ3v) is 5.00. The van der Waals surface area contributed by atoms with Gasteiger partial charge in [-0.2, -0.15) is 5.10 Å². The van der Waals surface area contributed by atoms with Crippen LogP contribution in [0.1, 0.15) is 5.56 Å². The van der Waals surface area contributed by atoms with Gasteiger partial charge in [-0.3, -0.25) is 0 Å². The Morgan fingerprint density at radius 2 is 1.42 bits per heavy atom. The van der Waals surface area contributed by atoms with Gasteiger partial charge in [0.05, 0.1) is 17.1 Å². The summed E-state index contributed by atoms with van der Waals surface area (Å²) in [6.07, 6.45) is 0. The van der Waals surface area contributed by atoms with Crippen molar-refractivity contribution >= 4 is 5.69 Å². The monoisotopic (exact) mass is 337 g/mol. The summed E-state index contributed by atoms with van der Waals surface area (Å²) in [5, 5.41) is 5.06. The molecule has 0 saturated carbocycles. The molecule has 0 bridgehead atoms. The smallest absolute Gasteiger partial charge is 0.0984 e. The topological polar surface area (TPSA) is 21.1 Å². The van der Waals surface area contributed by atoms with E-state index in [1.165, 1.54) is 22.5 Å². The van der Waals surface area contributed by atoms with E-state index in [9.17, 15) is 0 Å². The Hall–Kier alpha value is -3.33. The minimum absolute atomic E-state index is 0.851. The van der Waals surface area contributed by atoms with Gasteiger partial charge in [0.2, 0.25) is 0 Å². The van der Waals surface area contributed by atoms with E-state index in [-0.39, 0.29) is 0 Å². The highest BCUT2D eigenvalue weighted by atomic mass is 15.3. The molecule has 0 amide bonds. The summed E-state index contributed by atoms with van der Waals surface area (Å²) in [5.41, 5.74) is 8.26. The molecule has 0 atom stereocenters. The number of fused-ring (bicyclic) bond motifs is 3. The summed E-state index contributed by atoms with van der Waals surface area (Å²) in [7, 11) is 2.15. The van der Waals surface area contributed by atoms with Crippen molar-refractivity contribution in [3.63, 3.8) is 0 Å². The van der Waals surface area contributed by atoms with Crippen LogP contribution >= 0.6 is 0 Å². The molecule has 0 spiro atoms. The van der Waals surface area contributed by atoms with Gasteiger partial charge in [0.25, 0.3) is 0 Å². The molecule has 3 heteroatoms. The van der Waals surface area contributed by atoms with Crippen LogP contribution in [0.2, 0.25) is 0 Å². The fraction of sp³-hybridized carbons (Fsp3) is 0.0870. The molecule has 1 aliphatic rings. The first-order chi connectivity index (χ1) is 12.8. The molecule has 0 radical (unpaired) electrons. The molecule has 4 aromatic rings. The first-order valence-corrected chi connectivity index (χ1v) is 8.86. The SMILES string of the molecule is CN1Cc2c(-c3ccccc3)nn(-c3ccccc3)c2-c2ccccc21. The fourth-order valence-electron chi connectivity index (χ4n) is 3.79. The van der Waals surface area contributed by atoms with Crippen LogP contribution in [0.25, 0.3) is 28.2 Å². The largest absolute Gasteiger partial charge is 0.370 e. The number of hydrogen-bond acceptors (Lipinski definition) is 2. The maximum absolute atomic E-state index is 5.06. The van der Waals surface area contributed by atoms with E-state index in [1.54, 1.807) is 0 Å². The summed E-state index contributed by atoms with van der Waals surface area (Å²) < 4.78 is 2.10. The van der Waals surface area contributed by atoms with Gasteiger partial charge >= 0.3 is 0 Å². The van der Waals surface area contributed by atoms with Crippen molar-refractivity contribution < 1.29 is 0 Å². The lowest BCUT2D eigenvalue weighted by Gasteiger charge is -2.28. The van der Waals surface area contributed by atoms with Crippen molar-refractivity contribution in [1.82, 2.24) is 9.78 Å². The zero-order valence-corrected chi connectivity index (χ0v) is 14.6. The zero-order valence-electron chi connectivity index (χ0n) is 14.6. The second-order valence-corrected chi connectivity index (χ2v) is 6.66. The van der Waals surface area contributed by atoms with E-state index in [2.05, 4.69) is 89.4 Å². The van der Waals surface area contributed by atoms with Gasteiger partial charge < -0.3 is 4.90 Å². The number of hydrogen-bond donors (Lipinski definition) is 0. The van der Waals surface area contributed by atoms with Crippen LogP contribution in [-0.2, 0) is 6.54 Å². The molecule has 0 unspecified atom stereocenters. The summed E-state index contributed by atoms with van der Waals surface area (Å²) in [5.74, 6) is 0. The second-order valence-electron chi connectivity index (χ2n) is 6.66. The number of nitrogens with zero attached hydrogens (tertiary/aromatic N) is 3. The average Bonchev–Trinajstić information content (AvgIpc) is 3.09. The van der Waals surface area contributed by atoms with Gasteiger partial charge in [-0.15, -0.1) is 0 Å². The van der Waals surface area contributed by atoms with Crippen molar-refractivity contribution in [2.75, 3.05) is 11.9 Å². The van der Waals surface area contributed by atoms with Crippen LogP contribution in [0.3, 0.4) is 0 Å². The van der Waals surface area contributed by atoms with E-state index in [0.717, 1.165) is 23.5 Å². The summed E-state index contributed by atoms with van der Waals surface area (Å²) in [6, 6.07) is 29.4. The van der Waals surface area contributed by atoms with Crippen molar-refractivity contribution in [3.8, 4) is 28.2 Å². The number of rotatable bonds is 2. The molecule has 26 heavy (non-hydrogen) atoms. The Labute approximate surface area is 153 Å². The molecule has 126 valence electrons. The van der Waals surface area contributed by atoms with Gasteiger partial charge in [-0.25, -0.2) is 4.68 Å². The molecule has 0 fully saturated rings. The third-order valence-electron chi connectivity index (χ3n) is 5.00. The summed E-state index contributed by atoms with van der Waals surface area (Å²) >= 11 is 0. The maximum Gasteiger partial charge on any atom is 0.0984 e. The van der Waals surface area contributed by atoms with Crippen LogP contribution in [0, 0.1) is 0 Å². The van der Waals surface area contributed by atoms with E-state index >= 15 is 0 Å². The Morgan fingerprint density at radius 1 is 0.769 bits per heavy atom. The Balaban J connectivity index is 1.84. The minimum Gasteiger partial charge on any atom is -0.370 e. The van der Waals surface area contributed by atoms with Gasteiger partial charge in [0, 0.05) is 36.0 Å². The van der Waals surface area contributed by atoms with E-state index in [1.807, 2.05) is 12.1 Å². The third kappa shape index (κ3) is 2.25. The quantitative estimate of drug-likeness (QED) is 0.504. The van der Waals surface area contributed by atoms with Crippen molar-refractivity contribution in [3.05, 3.63) is 90.5 Å². The van der Waals surface area contributed by atoms with Crippen LogP contribution in [-0.4, -0.2) is 16.8 Å². The molecule has 2 heterocycles. The number of para-hydroxylation sites is 2. The standard InChI is InChI=1S/C23H19N3/c1-25-16-20-22(17-10-4-2-5-11-17)24-26(18-12-6-3-7-13-18)23(20)19-14-8-9-15-21(19)25/h2-15H,16H2,1H3. The molecular formula is C23H19N3. The summed E-state index contributed by atoms with van der Waals surface area (Å²) in [6.45, 7) is 0.851. The molecule has 5 rings (SSSR count). The average molecular weight is 337 g/mol. The Morgan fingerprint density at radius 3 is 2.19 bits per heavy atom. The number of aromatic nitrogens is 2. The van der Waals surface area contributed by atoms with Gasteiger partial charge in [-0.05, 0) is 18.2 Å². The highest BCUT2D eigenvalue weighted by molar-refractivity contribution is 5.86. The van der Waals surface area contributed by atoms with Crippen LogP contribution in [0.5, 0.6) is 0 Å². The van der Waals surface area contributed by atoms with Crippen molar-refractivity contribution in [2.24, 2.45) is 0 Å². The lowest BCUT2D eigenvalue weighted by Crippen LogP contribution is -2.22. The molecule has 0 saturated heterocycles. The highest BCUT2D eigenvalue weighted by Crippen LogP contribution is 2.43. The second kappa shape index (κ2) is 5.88. The Kier molecular flexibility index (Phi) is 3.39. The fourth-order valence-corrected chi connectivity index (χ4v) is 3.79. The molecule has 3 nitrogen and oxygen atoms in total. The molecule has 1 aliphatic heterocycles. The molecular weight excluding hydrogens is 318 g/mol. The normalized spacial score (nSPS) is 12.6. The van der Waals surface area contributed by atoms with Crippen molar-refractivity contribution in [1.29, 1.82) is 0 Å². The number of benzene rings is 3. The highest BCUT2D eigenvalue weighted by Gasteiger charge is 2.28. The Bertz CT molecular complexity index is 1070. The van der Waals surface area contributed by atoms with Crippen LogP contribution in [0.4, 0.5) is 5.69 Å². The zero-order chi connectivity index (χ0) is 17.5. The first-order valence-electron chi connectivity index (χ1n) is 8.86. The predicted octanol–water partition coefficient (Wildman–Crippen LogP) is 5.16. The van der Waals surface area contributed by atoms with Crippen LogP contribution < -0.4 is 4.90 Å². The molecule has 1 aromatic heterocycles. The van der Waals surface area contributed by atoms with E-state index in [4.69, 9.17) is 5.10 Å². The van der Waals surface area contributed by atoms with E-state index in [0.29, 0.717) is 0 Å². The molecule has 3 aromatic carbocycles. The van der Waals surface area contributed by atoms with Gasteiger partial charge in [-0.1, -0.05) is 66.7 Å². The lowest BCUT2D eigenvalue weighted by atomic mass is 9.96. The van der Waals surface area contributed by atoms with Gasteiger partial charge in [0.15, 0.2) is 0 Å². The summed E-state index contributed by atoms with van der Waals surface area (Å²) in [4.78, 5) is 2.31. The van der Waals surface area contributed by atoms with Crippen molar-refractivity contribution in [2.45, 2.75) is 6.54 Å². The predicted molar refractivity (Wildman–Crippen MR) is 107 cm³/mol.